The number of hydrogen-bond acceptors (Lipinski definition) is 4. The van der Waals surface area contributed by atoms with Crippen molar-refractivity contribution in [2.45, 2.75) is 31.1 Å². The van der Waals surface area contributed by atoms with Crippen LogP contribution in [-0.2, 0) is 21.2 Å². The normalized spacial score (nSPS) is 21.4. The van der Waals surface area contributed by atoms with Gasteiger partial charge in [0, 0.05) is 19.3 Å². The summed E-state index contributed by atoms with van der Waals surface area (Å²) in [4.78, 5) is 13.8. The van der Waals surface area contributed by atoms with Gasteiger partial charge in [-0.3, -0.25) is 4.79 Å². The van der Waals surface area contributed by atoms with E-state index in [1.807, 2.05) is 12.1 Å². The summed E-state index contributed by atoms with van der Waals surface area (Å²) in [6.07, 6.45) is 1.88. The molecule has 1 unspecified atom stereocenters. The number of carbonyl (C=O) groups excluding carboxylic acids is 1. The van der Waals surface area contributed by atoms with Crippen LogP contribution in [0.1, 0.15) is 24.8 Å². The molecular weight excluding hydrogens is 276 g/mol. The van der Waals surface area contributed by atoms with Crippen LogP contribution in [0.25, 0.3) is 0 Å². The van der Waals surface area contributed by atoms with Crippen molar-refractivity contribution in [1.29, 1.82) is 0 Å². The lowest BCUT2D eigenvalue weighted by atomic mass is 10.1. The summed E-state index contributed by atoms with van der Waals surface area (Å²) in [6.45, 7) is 0.371. The van der Waals surface area contributed by atoms with E-state index in [0.717, 1.165) is 12.0 Å². The average Bonchev–Trinajstić information content (AvgIpc) is 2.37. The van der Waals surface area contributed by atoms with Crippen molar-refractivity contribution in [2.75, 3.05) is 18.5 Å². The van der Waals surface area contributed by atoms with Crippen LogP contribution in [0.4, 0.5) is 5.69 Å². The predicted molar refractivity (Wildman–Crippen MR) is 78.8 cm³/mol. The molecule has 1 saturated heterocycles. The highest BCUT2D eigenvalue weighted by atomic mass is 32.2. The largest absolute Gasteiger partial charge is 0.399 e. The van der Waals surface area contributed by atoms with Crippen LogP contribution in [0.3, 0.4) is 0 Å². The van der Waals surface area contributed by atoms with Crippen molar-refractivity contribution in [3.63, 3.8) is 0 Å². The lowest BCUT2D eigenvalue weighted by Crippen LogP contribution is -2.43. The monoisotopic (exact) mass is 296 g/mol. The van der Waals surface area contributed by atoms with Crippen molar-refractivity contribution in [3.05, 3.63) is 29.8 Å². The Hall–Kier alpha value is -1.56. The van der Waals surface area contributed by atoms with E-state index < -0.39 is 15.1 Å². The molecule has 1 aromatic carbocycles. The minimum Gasteiger partial charge on any atom is -0.399 e. The molecule has 0 radical (unpaired) electrons. The second-order valence-corrected chi connectivity index (χ2v) is 7.59. The molecule has 0 bridgehead atoms. The fraction of sp³-hybridized carbons (Fsp3) is 0.500. The van der Waals surface area contributed by atoms with E-state index in [1.54, 1.807) is 19.2 Å². The van der Waals surface area contributed by atoms with Crippen LogP contribution < -0.4 is 5.73 Å². The number of hydrogen-bond donors (Lipinski definition) is 1. The van der Waals surface area contributed by atoms with E-state index in [0.29, 0.717) is 25.1 Å². The SMILES string of the molecule is CN(Cc1cccc(N)c1)C(=O)C1CCCCS1(=O)=O. The van der Waals surface area contributed by atoms with Crippen LogP contribution >= 0.6 is 0 Å². The standard InChI is InChI=1S/C14H20N2O3S/c1-16(10-11-5-4-6-12(15)9-11)14(17)13-7-2-3-8-20(13,18)19/h4-6,9,13H,2-3,7-8,10,15H2,1H3. The minimum absolute atomic E-state index is 0.121. The molecule has 110 valence electrons. The van der Waals surface area contributed by atoms with Gasteiger partial charge in [0.15, 0.2) is 9.84 Å². The smallest absolute Gasteiger partial charge is 0.240 e. The van der Waals surface area contributed by atoms with Gasteiger partial charge >= 0.3 is 0 Å². The highest BCUT2D eigenvalue weighted by molar-refractivity contribution is 7.92. The molecular formula is C14H20N2O3S. The van der Waals surface area contributed by atoms with Crippen molar-refractivity contribution >= 4 is 21.4 Å². The number of sulfone groups is 1. The van der Waals surface area contributed by atoms with Crippen LogP contribution in [-0.4, -0.2) is 37.3 Å². The lowest BCUT2D eigenvalue weighted by Gasteiger charge is -2.26. The molecule has 2 N–H and O–H groups in total. The molecule has 2 rings (SSSR count). The zero-order valence-electron chi connectivity index (χ0n) is 11.6. The summed E-state index contributed by atoms with van der Waals surface area (Å²) in [5.41, 5.74) is 7.23. The topological polar surface area (TPSA) is 80.5 Å². The Labute approximate surface area is 119 Å². The molecule has 0 aliphatic carbocycles. The van der Waals surface area contributed by atoms with Crippen molar-refractivity contribution < 1.29 is 13.2 Å². The van der Waals surface area contributed by atoms with Gasteiger partial charge < -0.3 is 10.6 Å². The molecule has 1 atom stereocenters. The first-order valence-corrected chi connectivity index (χ1v) is 8.42. The quantitative estimate of drug-likeness (QED) is 0.850. The average molecular weight is 296 g/mol. The van der Waals surface area contributed by atoms with E-state index in [1.165, 1.54) is 4.90 Å². The number of nitrogens with zero attached hydrogens (tertiary/aromatic N) is 1. The van der Waals surface area contributed by atoms with Crippen LogP contribution in [0, 0.1) is 0 Å². The zero-order valence-corrected chi connectivity index (χ0v) is 12.4. The van der Waals surface area contributed by atoms with E-state index in [9.17, 15) is 13.2 Å². The molecule has 1 heterocycles. The van der Waals surface area contributed by atoms with Crippen molar-refractivity contribution in [3.8, 4) is 0 Å². The van der Waals surface area contributed by atoms with Gasteiger partial charge in [-0.05, 0) is 30.5 Å². The third kappa shape index (κ3) is 3.30. The number of carbonyl (C=O) groups is 1. The maximum atomic E-state index is 12.3. The number of anilines is 1. The summed E-state index contributed by atoms with van der Waals surface area (Å²) in [5, 5.41) is -0.873. The van der Waals surface area contributed by atoms with Gasteiger partial charge in [0.2, 0.25) is 5.91 Å². The second-order valence-electron chi connectivity index (χ2n) is 5.29. The molecule has 0 saturated carbocycles. The Kier molecular flexibility index (Phi) is 4.32. The lowest BCUT2D eigenvalue weighted by molar-refractivity contribution is -0.130. The van der Waals surface area contributed by atoms with Gasteiger partial charge in [-0.25, -0.2) is 8.42 Å². The Balaban J connectivity index is 2.09. The summed E-state index contributed by atoms with van der Waals surface area (Å²) >= 11 is 0. The number of benzene rings is 1. The van der Waals surface area contributed by atoms with Crippen LogP contribution in [0.5, 0.6) is 0 Å². The Morgan fingerprint density at radius 3 is 2.80 bits per heavy atom. The first-order valence-electron chi connectivity index (χ1n) is 6.71. The fourth-order valence-corrected chi connectivity index (χ4v) is 4.42. The summed E-state index contributed by atoms with van der Waals surface area (Å²) in [6, 6.07) is 7.26. The van der Waals surface area contributed by atoms with Crippen molar-refractivity contribution in [1.82, 2.24) is 4.90 Å². The second kappa shape index (κ2) is 5.83. The number of nitrogens with two attached hydrogens (primary N) is 1. The van der Waals surface area contributed by atoms with Gasteiger partial charge in [-0.15, -0.1) is 0 Å². The molecule has 1 aliphatic heterocycles. The maximum absolute atomic E-state index is 12.3. The van der Waals surface area contributed by atoms with E-state index in [2.05, 4.69) is 0 Å². The Morgan fingerprint density at radius 2 is 2.15 bits per heavy atom. The molecule has 20 heavy (non-hydrogen) atoms. The van der Waals surface area contributed by atoms with Crippen LogP contribution in [0.15, 0.2) is 24.3 Å². The minimum atomic E-state index is -3.28. The van der Waals surface area contributed by atoms with Gasteiger partial charge in [0.05, 0.1) is 5.75 Å². The fourth-order valence-electron chi connectivity index (χ4n) is 2.52. The number of amides is 1. The predicted octanol–water partition coefficient (Wildman–Crippen LogP) is 1.19. The maximum Gasteiger partial charge on any atom is 0.240 e. The van der Waals surface area contributed by atoms with Gasteiger partial charge in [0.25, 0.3) is 0 Å². The highest BCUT2D eigenvalue weighted by Crippen LogP contribution is 2.22. The molecule has 0 spiro atoms. The van der Waals surface area contributed by atoms with Gasteiger partial charge in [-0.1, -0.05) is 18.6 Å². The summed E-state index contributed by atoms with van der Waals surface area (Å²) in [7, 11) is -1.65. The van der Waals surface area contributed by atoms with E-state index in [4.69, 9.17) is 5.73 Å². The molecule has 6 heteroatoms. The zero-order chi connectivity index (χ0) is 14.8. The summed E-state index contributed by atoms with van der Waals surface area (Å²) < 4.78 is 23.9. The van der Waals surface area contributed by atoms with Gasteiger partial charge in [0.1, 0.15) is 5.25 Å². The van der Waals surface area contributed by atoms with E-state index in [-0.39, 0.29) is 11.7 Å². The van der Waals surface area contributed by atoms with Gasteiger partial charge in [-0.2, -0.15) is 0 Å². The summed E-state index contributed by atoms with van der Waals surface area (Å²) in [5.74, 6) is -0.192. The molecule has 1 aromatic rings. The Bertz CT molecular complexity index is 598. The molecule has 0 aromatic heterocycles. The first-order chi connectivity index (χ1) is 9.40. The number of rotatable bonds is 3. The highest BCUT2D eigenvalue weighted by Gasteiger charge is 2.36. The molecule has 1 aliphatic rings. The van der Waals surface area contributed by atoms with Crippen molar-refractivity contribution in [2.24, 2.45) is 0 Å². The Morgan fingerprint density at radius 1 is 1.40 bits per heavy atom. The molecule has 5 nitrogen and oxygen atoms in total. The third-order valence-corrected chi connectivity index (χ3v) is 5.76. The molecule has 1 fully saturated rings. The first kappa shape index (κ1) is 14.8. The van der Waals surface area contributed by atoms with E-state index >= 15 is 0 Å². The molecule has 1 amide bonds. The number of nitrogen functional groups attached to an aromatic ring is 1. The third-order valence-electron chi connectivity index (χ3n) is 3.60. The van der Waals surface area contributed by atoms with Crippen LogP contribution in [0.2, 0.25) is 0 Å².